The minimum Gasteiger partial charge on any atom is -0.494 e. The van der Waals surface area contributed by atoms with Gasteiger partial charge < -0.3 is 10.1 Å². The summed E-state index contributed by atoms with van der Waals surface area (Å²) >= 11 is 19.5. The number of nitrogens with zero attached hydrogens (tertiary/aromatic N) is 1. The van der Waals surface area contributed by atoms with E-state index in [1.165, 1.54) is 24.3 Å². The highest BCUT2D eigenvalue weighted by atomic mass is 35.5. The monoisotopic (exact) mass is 586 g/mol. The molecule has 6 nitrogen and oxygen atoms in total. The molecule has 0 spiro atoms. The minimum absolute atomic E-state index is 0.0331. The summed E-state index contributed by atoms with van der Waals surface area (Å²) in [6.07, 6.45) is 0. The van der Waals surface area contributed by atoms with Crippen LogP contribution in [-0.2, 0) is 20.6 Å². The number of hydrogen-bond donors (Lipinski definition) is 1. The molecule has 0 bridgehead atoms. The van der Waals surface area contributed by atoms with Crippen molar-refractivity contribution in [3.8, 4) is 5.75 Å². The molecule has 0 aromatic heterocycles. The molecule has 1 N–H and O–H groups in total. The number of amides is 1. The van der Waals surface area contributed by atoms with Crippen molar-refractivity contribution in [2.24, 2.45) is 0 Å². The number of ether oxygens (including phenoxy) is 1. The van der Waals surface area contributed by atoms with E-state index in [0.29, 0.717) is 51.2 Å². The summed E-state index contributed by atoms with van der Waals surface area (Å²) < 4.78 is 33.4. The maximum Gasteiger partial charge on any atom is 0.264 e. The summed E-state index contributed by atoms with van der Waals surface area (Å²) in [5.41, 5.74) is 1.37. The van der Waals surface area contributed by atoms with E-state index in [4.69, 9.17) is 39.5 Å². The maximum absolute atomic E-state index is 13.4. The van der Waals surface area contributed by atoms with Crippen molar-refractivity contribution in [1.29, 1.82) is 0 Å². The maximum atomic E-state index is 13.4. The molecule has 0 radical (unpaired) electrons. The van der Waals surface area contributed by atoms with Crippen LogP contribution in [0.3, 0.4) is 0 Å². The average Bonchev–Trinajstić information content (AvgIpc) is 2.85. The second-order valence-corrected chi connectivity index (χ2v) is 11.8. The molecule has 0 heterocycles. The van der Waals surface area contributed by atoms with Gasteiger partial charge in [-0.1, -0.05) is 40.9 Å². The molecule has 3 aromatic carbocycles. The van der Waals surface area contributed by atoms with E-state index >= 15 is 0 Å². The molecule has 11 heteroatoms. The molecular weight excluding hydrogens is 563 g/mol. The molecule has 3 aromatic rings. The Hall–Kier alpha value is -2.10. The van der Waals surface area contributed by atoms with Crippen LogP contribution < -0.4 is 14.4 Å². The predicted octanol–water partition coefficient (Wildman–Crippen LogP) is 6.29. The third kappa shape index (κ3) is 7.95. The first-order chi connectivity index (χ1) is 17.2. The van der Waals surface area contributed by atoms with E-state index in [9.17, 15) is 13.2 Å². The minimum atomic E-state index is -4.03. The molecule has 0 aliphatic carbocycles. The topological polar surface area (TPSA) is 75.7 Å². The molecule has 192 valence electrons. The van der Waals surface area contributed by atoms with E-state index in [1.54, 1.807) is 42.1 Å². The molecule has 0 saturated heterocycles. The van der Waals surface area contributed by atoms with E-state index in [-0.39, 0.29) is 11.4 Å². The Morgan fingerprint density at radius 1 is 0.972 bits per heavy atom. The molecule has 0 atom stereocenters. The first-order valence-electron chi connectivity index (χ1n) is 11.0. The molecule has 3 rings (SSSR count). The summed E-state index contributed by atoms with van der Waals surface area (Å²) in [6, 6.07) is 17.8. The number of carbonyl (C=O) groups excluding carboxylic acids is 1. The van der Waals surface area contributed by atoms with Crippen molar-refractivity contribution >= 4 is 68.2 Å². The second-order valence-electron chi connectivity index (χ2n) is 7.54. The van der Waals surface area contributed by atoms with Crippen LogP contribution in [0.2, 0.25) is 15.1 Å². The Morgan fingerprint density at radius 3 is 2.31 bits per heavy atom. The van der Waals surface area contributed by atoms with Crippen LogP contribution >= 0.6 is 46.6 Å². The summed E-state index contributed by atoms with van der Waals surface area (Å²) in [4.78, 5) is 12.8. The molecule has 36 heavy (non-hydrogen) atoms. The van der Waals surface area contributed by atoms with Crippen LogP contribution in [-0.4, -0.2) is 39.8 Å². The van der Waals surface area contributed by atoms with E-state index in [0.717, 1.165) is 9.87 Å². The number of nitrogens with one attached hydrogen (secondary N) is 1. The van der Waals surface area contributed by atoms with Gasteiger partial charge in [0.1, 0.15) is 12.3 Å². The lowest BCUT2D eigenvalue weighted by Crippen LogP contribution is -2.41. The number of anilines is 1. The quantitative estimate of drug-likeness (QED) is 0.252. The lowest BCUT2D eigenvalue weighted by atomic mass is 10.2. The SMILES string of the molecule is CCOc1ccc(N(CC(=O)NCCSCc2ccc(Cl)c(Cl)c2)S(=O)(=O)c2ccc(Cl)cc2)cc1. The first kappa shape index (κ1) is 28.5. The lowest BCUT2D eigenvalue weighted by Gasteiger charge is -2.24. The Labute approximate surface area is 230 Å². The van der Waals surface area contributed by atoms with Crippen LogP contribution in [0.25, 0.3) is 0 Å². The van der Waals surface area contributed by atoms with Gasteiger partial charge in [-0.25, -0.2) is 8.42 Å². The number of hydrogen-bond acceptors (Lipinski definition) is 5. The van der Waals surface area contributed by atoms with Crippen LogP contribution in [0.5, 0.6) is 5.75 Å². The molecule has 0 fully saturated rings. The van der Waals surface area contributed by atoms with Gasteiger partial charge in [-0.15, -0.1) is 0 Å². The molecule has 1 amide bonds. The highest BCUT2D eigenvalue weighted by Crippen LogP contribution is 2.27. The van der Waals surface area contributed by atoms with E-state index in [2.05, 4.69) is 5.32 Å². The number of benzene rings is 3. The lowest BCUT2D eigenvalue weighted by molar-refractivity contribution is -0.119. The average molecular weight is 588 g/mol. The summed E-state index contributed by atoms with van der Waals surface area (Å²) in [5.74, 6) is 1.53. The van der Waals surface area contributed by atoms with Crippen molar-refractivity contribution < 1.29 is 17.9 Å². The predicted molar refractivity (Wildman–Crippen MR) is 149 cm³/mol. The first-order valence-corrected chi connectivity index (χ1v) is 14.7. The highest BCUT2D eigenvalue weighted by Gasteiger charge is 2.27. The van der Waals surface area contributed by atoms with Crippen molar-refractivity contribution in [1.82, 2.24) is 5.32 Å². The van der Waals surface area contributed by atoms with Crippen molar-refractivity contribution in [3.63, 3.8) is 0 Å². The van der Waals surface area contributed by atoms with Gasteiger partial charge in [0.25, 0.3) is 10.0 Å². The fraction of sp³-hybridized carbons (Fsp3) is 0.240. The number of halogens is 3. The van der Waals surface area contributed by atoms with Gasteiger partial charge in [0.15, 0.2) is 0 Å². The zero-order valence-electron chi connectivity index (χ0n) is 19.4. The van der Waals surface area contributed by atoms with Crippen molar-refractivity contribution in [2.75, 3.05) is 29.8 Å². The third-order valence-corrected chi connectivity index (χ3v) is 8.76. The van der Waals surface area contributed by atoms with Crippen LogP contribution in [0.4, 0.5) is 5.69 Å². The van der Waals surface area contributed by atoms with Gasteiger partial charge in [-0.2, -0.15) is 11.8 Å². The Kier molecular flexibility index (Phi) is 10.6. The summed E-state index contributed by atoms with van der Waals surface area (Å²) in [5, 5.41) is 4.21. The highest BCUT2D eigenvalue weighted by molar-refractivity contribution is 7.98. The third-order valence-electron chi connectivity index (χ3n) is 4.95. The number of carbonyl (C=O) groups is 1. The standard InChI is InChI=1S/C25H25Cl3N2O4S2/c1-2-34-21-8-6-20(7-9-21)30(36(32,33)22-10-4-19(26)5-11-22)16-25(31)29-13-14-35-17-18-3-12-23(27)24(28)15-18/h3-12,15H,2,13-14,16-17H2,1H3,(H,29,31). The molecular formula is C25H25Cl3N2O4S2. The summed E-state index contributed by atoms with van der Waals surface area (Å²) in [6.45, 7) is 2.34. The van der Waals surface area contributed by atoms with Gasteiger partial charge in [-0.05, 0) is 73.2 Å². The number of sulfonamides is 1. The number of thioether (sulfide) groups is 1. The van der Waals surface area contributed by atoms with Gasteiger partial charge in [0.05, 0.1) is 27.2 Å². The Balaban J connectivity index is 1.65. The van der Waals surface area contributed by atoms with Crippen LogP contribution in [0, 0.1) is 0 Å². The molecule has 0 saturated carbocycles. The Bertz CT molecular complexity index is 1270. The largest absolute Gasteiger partial charge is 0.494 e. The molecule has 0 aliphatic heterocycles. The zero-order chi connectivity index (χ0) is 26.1. The van der Waals surface area contributed by atoms with Crippen molar-refractivity contribution in [2.45, 2.75) is 17.6 Å². The molecule has 0 unspecified atom stereocenters. The fourth-order valence-corrected chi connectivity index (χ4v) is 5.87. The summed E-state index contributed by atoms with van der Waals surface area (Å²) in [7, 11) is -4.03. The smallest absolute Gasteiger partial charge is 0.264 e. The fourth-order valence-electron chi connectivity index (χ4n) is 3.19. The van der Waals surface area contributed by atoms with Gasteiger partial charge in [0.2, 0.25) is 5.91 Å². The van der Waals surface area contributed by atoms with Gasteiger partial charge >= 0.3 is 0 Å². The number of rotatable bonds is 12. The van der Waals surface area contributed by atoms with Crippen LogP contribution in [0.1, 0.15) is 12.5 Å². The van der Waals surface area contributed by atoms with Crippen molar-refractivity contribution in [3.05, 3.63) is 87.4 Å². The normalized spacial score (nSPS) is 11.2. The van der Waals surface area contributed by atoms with Crippen LogP contribution in [0.15, 0.2) is 71.6 Å². The Morgan fingerprint density at radius 2 is 1.67 bits per heavy atom. The van der Waals surface area contributed by atoms with E-state index < -0.39 is 15.9 Å². The van der Waals surface area contributed by atoms with E-state index in [1.807, 2.05) is 19.1 Å². The zero-order valence-corrected chi connectivity index (χ0v) is 23.3. The molecule has 0 aliphatic rings. The second kappa shape index (κ2) is 13.4. The van der Waals surface area contributed by atoms with Gasteiger partial charge in [-0.3, -0.25) is 9.10 Å². The van der Waals surface area contributed by atoms with Gasteiger partial charge in [0, 0.05) is 23.1 Å².